The summed E-state index contributed by atoms with van der Waals surface area (Å²) in [5.74, 6) is -0.973. The van der Waals surface area contributed by atoms with Gasteiger partial charge in [0, 0.05) is 18.5 Å². The van der Waals surface area contributed by atoms with E-state index in [1.807, 2.05) is 45.0 Å². The van der Waals surface area contributed by atoms with Crippen molar-refractivity contribution in [1.29, 1.82) is 0 Å². The highest BCUT2D eigenvalue weighted by Gasteiger charge is 2.16. The van der Waals surface area contributed by atoms with Crippen molar-refractivity contribution in [1.82, 2.24) is 14.5 Å². The minimum absolute atomic E-state index is 0.281. The van der Waals surface area contributed by atoms with Crippen LogP contribution in [0.15, 0.2) is 35.4 Å². The molecule has 1 aromatic carbocycles. The fraction of sp³-hybridized carbons (Fsp3) is 0.333. The molecule has 0 unspecified atom stereocenters. The Bertz CT molecular complexity index is 1120. The van der Waals surface area contributed by atoms with Crippen LogP contribution < -0.4 is 5.56 Å². The third-order valence-corrected chi connectivity index (χ3v) is 5.89. The maximum Gasteiger partial charge on any atom is 0.326 e. The van der Waals surface area contributed by atoms with Gasteiger partial charge in [-0.3, -0.25) is 19.0 Å². The van der Waals surface area contributed by atoms with Crippen LogP contribution in [0.25, 0.3) is 10.2 Å². The standard InChI is InChI=1S/C21H23N3O4S/c1-13-5-7-16(8-6-13)9-23(4)17(25)11-28-18(26)10-24-12-22-20-19(21(24)27)14(2)15(3)29-20/h5-8,12H,9-11H2,1-4H3. The number of aromatic nitrogens is 2. The van der Waals surface area contributed by atoms with Crippen LogP contribution in [-0.2, 0) is 27.4 Å². The van der Waals surface area contributed by atoms with E-state index in [1.165, 1.54) is 27.1 Å². The summed E-state index contributed by atoms with van der Waals surface area (Å²) >= 11 is 1.45. The van der Waals surface area contributed by atoms with Gasteiger partial charge in [0.2, 0.25) is 0 Å². The zero-order valence-corrected chi connectivity index (χ0v) is 17.7. The van der Waals surface area contributed by atoms with E-state index in [9.17, 15) is 14.4 Å². The lowest BCUT2D eigenvalue weighted by molar-refractivity contribution is -0.152. The Labute approximate surface area is 172 Å². The van der Waals surface area contributed by atoms with Gasteiger partial charge in [-0.2, -0.15) is 0 Å². The molecular weight excluding hydrogens is 390 g/mol. The van der Waals surface area contributed by atoms with E-state index in [1.54, 1.807) is 7.05 Å². The van der Waals surface area contributed by atoms with Crippen molar-refractivity contribution in [2.24, 2.45) is 0 Å². The fourth-order valence-corrected chi connectivity index (χ4v) is 3.86. The van der Waals surface area contributed by atoms with Gasteiger partial charge in [-0.15, -0.1) is 11.3 Å². The summed E-state index contributed by atoms with van der Waals surface area (Å²) in [4.78, 5) is 44.4. The molecule has 1 amide bonds. The molecule has 0 aliphatic heterocycles. The topological polar surface area (TPSA) is 81.5 Å². The summed E-state index contributed by atoms with van der Waals surface area (Å²) in [6.45, 7) is 5.55. The van der Waals surface area contributed by atoms with Crippen LogP contribution >= 0.6 is 11.3 Å². The van der Waals surface area contributed by atoms with Crippen molar-refractivity contribution >= 4 is 33.4 Å². The normalized spacial score (nSPS) is 10.9. The lowest BCUT2D eigenvalue weighted by Crippen LogP contribution is -2.32. The Kier molecular flexibility index (Phi) is 6.12. The monoisotopic (exact) mass is 413 g/mol. The number of nitrogens with zero attached hydrogens (tertiary/aromatic N) is 3. The number of hydrogen-bond acceptors (Lipinski definition) is 6. The van der Waals surface area contributed by atoms with Gasteiger partial charge in [-0.1, -0.05) is 29.8 Å². The van der Waals surface area contributed by atoms with E-state index in [0.717, 1.165) is 21.6 Å². The summed E-state index contributed by atoms with van der Waals surface area (Å²) in [5, 5.41) is 0.525. The average molecular weight is 413 g/mol. The van der Waals surface area contributed by atoms with Gasteiger partial charge in [0.15, 0.2) is 6.61 Å². The van der Waals surface area contributed by atoms with Crippen LogP contribution in [0.5, 0.6) is 0 Å². The number of fused-ring (bicyclic) bond motifs is 1. The summed E-state index contributed by atoms with van der Waals surface area (Å²) in [6, 6.07) is 7.86. The molecule has 0 spiro atoms. The van der Waals surface area contributed by atoms with Crippen LogP contribution in [0.4, 0.5) is 0 Å². The Balaban J connectivity index is 1.58. The molecule has 2 heterocycles. The van der Waals surface area contributed by atoms with E-state index in [0.29, 0.717) is 16.8 Å². The number of likely N-dealkylation sites (N-methyl/N-ethyl adjacent to an activating group) is 1. The second-order valence-corrected chi connectivity index (χ2v) is 8.24. The Morgan fingerprint density at radius 3 is 2.55 bits per heavy atom. The molecule has 2 aromatic heterocycles. The van der Waals surface area contributed by atoms with E-state index in [4.69, 9.17) is 4.74 Å². The molecule has 0 radical (unpaired) electrons. The first-order valence-corrected chi connectivity index (χ1v) is 9.98. The van der Waals surface area contributed by atoms with Crippen molar-refractivity contribution in [3.63, 3.8) is 0 Å². The minimum Gasteiger partial charge on any atom is -0.454 e. The lowest BCUT2D eigenvalue weighted by Gasteiger charge is -2.17. The number of benzene rings is 1. The second-order valence-electron chi connectivity index (χ2n) is 7.04. The van der Waals surface area contributed by atoms with Gasteiger partial charge in [0.1, 0.15) is 11.4 Å². The lowest BCUT2D eigenvalue weighted by atomic mass is 10.1. The van der Waals surface area contributed by atoms with Gasteiger partial charge in [0.05, 0.1) is 11.7 Å². The number of hydrogen-bond donors (Lipinski definition) is 0. The van der Waals surface area contributed by atoms with Crippen LogP contribution in [0.2, 0.25) is 0 Å². The van der Waals surface area contributed by atoms with Gasteiger partial charge in [-0.05, 0) is 31.9 Å². The van der Waals surface area contributed by atoms with Crippen molar-refractivity contribution < 1.29 is 14.3 Å². The molecule has 0 aliphatic rings. The maximum atomic E-state index is 12.6. The smallest absolute Gasteiger partial charge is 0.326 e. The molecule has 0 aliphatic carbocycles. The summed E-state index contributed by atoms with van der Waals surface area (Å²) in [6.07, 6.45) is 1.34. The maximum absolute atomic E-state index is 12.6. The zero-order chi connectivity index (χ0) is 21.1. The first-order valence-electron chi connectivity index (χ1n) is 9.16. The molecule has 29 heavy (non-hydrogen) atoms. The van der Waals surface area contributed by atoms with Crippen LogP contribution in [0.3, 0.4) is 0 Å². The molecule has 3 aromatic rings. The molecule has 7 nitrogen and oxygen atoms in total. The van der Waals surface area contributed by atoms with Crippen LogP contribution in [0.1, 0.15) is 21.6 Å². The van der Waals surface area contributed by atoms with Crippen LogP contribution in [0, 0.1) is 20.8 Å². The molecule has 3 rings (SSSR count). The summed E-state index contributed by atoms with van der Waals surface area (Å²) < 4.78 is 6.29. The van der Waals surface area contributed by atoms with E-state index in [2.05, 4.69) is 4.98 Å². The highest BCUT2D eigenvalue weighted by Crippen LogP contribution is 2.25. The van der Waals surface area contributed by atoms with Gasteiger partial charge < -0.3 is 9.64 Å². The number of esters is 1. The largest absolute Gasteiger partial charge is 0.454 e. The molecule has 0 atom stereocenters. The number of amides is 1. The highest BCUT2D eigenvalue weighted by molar-refractivity contribution is 7.18. The Morgan fingerprint density at radius 1 is 1.17 bits per heavy atom. The predicted octanol–water partition coefficient (Wildman–Crippen LogP) is 2.59. The molecule has 152 valence electrons. The molecule has 0 saturated heterocycles. The van der Waals surface area contributed by atoms with Crippen molar-refractivity contribution in [3.8, 4) is 0 Å². The number of carbonyl (C=O) groups excluding carboxylic acids is 2. The first kappa shape index (κ1) is 20.7. The summed E-state index contributed by atoms with van der Waals surface area (Å²) in [7, 11) is 1.65. The Hall–Kier alpha value is -3.00. The number of aryl methyl sites for hydroxylation is 3. The molecule has 0 bridgehead atoms. The van der Waals surface area contributed by atoms with E-state index >= 15 is 0 Å². The minimum atomic E-state index is -0.657. The number of thiophene rings is 1. The molecule has 8 heteroatoms. The van der Waals surface area contributed by atoms with E-state index in [-0.39, 0.29) is 24.6 Å². The number of rotatable bonds is 6. The van der Waals surface area contributed by atoms with Gasteiger partial charge in [0.25, 0.3) is 11.5 Å². The number of carbonyl (C=O) groups is 2. The van der Waals surface area contributed by atoms with Crippen molar-refractivity contribution in [2.45, 2.75) is 33.9 Å². The second kappa shape index (κ2) is 8.57. The van der Waals surface area contributed by atoms with Crippen molar-refractivity contribution in [2.75, 3.05) is 13.7 Å². The zero-order valence-electron chi connectivity index (χ0n) is 16.9. The van der Waals surface area contributed by atoms with Crippen LogP contribution in [-0.4, -0.2) is 40.0 Å². The highest BCUT2D eigenvalue weighted by atomic mass is 32.1. The molecular formula is C21H23N3O4S. The van der Waals surface area contributed by atoms with Crippen molar-refractivity contribution in [3.05, 3.63) is 62.5 Å². The fourth-order valence-electron chi connectivity index (χ4n) is 2.88. The third kappa shape index (κ3) is 4.71. The first-order chi connectivity index (χ1) is 13.8. The average Bonchev–Trinajstić information content (AvgIpc) is 2.98. The number of ether oxygens (including phenoxy) is 1. The predicted molar refractivity (Wildman–Crippen MR) is 112 cm³/mol. The Morgan fingerprint density at radius 2 is 1.86 bits per heavy atom. The molecule has 0 saturated carbocycles. The van der Waals surface area contributed by atoms with Gasteiger partial charge in [-0.25, -0.2) is 4.98 Å². The van der Waals surface area contributed by atoms with E-state index < -0.39 is 5.97 Å². The SMILES string of the molecule is Cc1ccc(CN(C)C(=O)COC(=O)Cn2cnc3sc(C)c(C)c3c2=O)cc1. The summed E-state index contributed by atoms with van der Waals surface area (Å²) in [5.41, 5.74) is 2.73. The van der Waals surface area contributed by atoms with Gasteiger partial charge >= 0.3 is 5.97 Å². The molecule has 0 N–H and O–H groups in total. The third-order valence-electron chi connectivity index (χ3n) is 4.78. The molecule has 0 fully saturated rings. The quantitative estimate of drug-likeness (QED) is 0.580.